The molecule has 0 saturated heterocycles. The third kappa shape index (κ3) is 3.40. The first-order chi connectivity index (χ1) is 9.44. The lowest BCUT2D eigenvalue weighted by Crippen LogP contribution is -2.32. The molecule has 0 spiro atoms. The van der Waals surface area contributed by atoms with Crippen molar-refractivity contribution < 1.29 is 8.42 Å². The molecule has 0 amide bonds. The lowest BCUT2D eigenvalue weighted by atomic mass is 9.97. The van der Waals surface area contributed by atoms with Gasteiger partial charge in [0.2, 0.25) is 10.0 Å². The van der Waals surface area contributed by atoms with Gasteiger partial charge in [-0.05, 0) is 68.3 Å². The second-order valence-electron chi connectivity index (χ2n) is 5.78. The molecular formula is C15H24N2O2S. The molecule has 1 aliphatic carbocycles. The molecule has 2 unspecified atom stereocenters. The zero-order chi connectivity index (χ0) is 14.8. The van der Waals surface area contributed by atoms with E-state index in [2.05, 4.69) is 4.72 Å². The second-order valence-corrected chi connectivity index (χ2v) is 7.55. The van der Waals surface area contributed by atoms with Crippen molar-refractivity contribution in [2.45, 2.75) is 38.0 Å². The zero-order valence-corrected chi connectivity index (χ0v) is 13.0. The molecular weight excluding hydrogens is 272 g/mol. The smallest absolute Gasteiger partial charge is 0.240 e. The van der Waals surface area contributed by atoms with E-state index in [0.717, 1.165) is 30.4 Å². The largest absolute Gasteiger partial charge is 0.330 e. The van der Waals surface area contributed by atoms with Gasteiger partial charge in [-0.2, -0.15) is 0 Å². The van der Waals surface area contributed by atoms with E-state index >= 15 is 0 Å². The number of nitrogens with one attached hydrogen (secondary N) is 1. The molecule has 3 N–H and O–H groups in total. The third-order valence-electron chi connectivity index (χ3n) is 4.44. The molecule has 5 heteroatoms. The van der Waals surface area contributed by atoms with Crippen molar-refractivity contribution in [2.24, 2.45) is 17.6 Å². The average molecular weight is 296 g/mol. The Balaban J connectivity index is 2.05. The first kappa shape index (κ1) is 15.5. The molecule has 20 heavy (non-hydrogen) atoms. The van der Waals surface area contributed by atoms with Crippen LogP contribution in [0.15, 0.2) is 23.1 Å². The summed E-state index contributed by atoms with van der Waals surface area (Å²) in [4.78, 5) is 0.350. The van der Waals surface area contributed by atoms with Crippen LogP contribution in [0, 0.1) is 25.7 Å². The number of rotatable bonds is 5. The van der Waals surface area contributed by atoms with Crippen LogP contribution in [-0.4, -0.2) is 21.5 Å². The first-order valence-corrected chi connectivity index (χ1v) is 8.69. The van der Waals surface area contributed by atoms with Gasteiger partial charge in [0.25, 0.3) is 0 Å². The van der Waals surface area contributed by atoms with E-state index in [1.807, 2.05) is 19.9 Å². The third-order valence-corrected chi connectivity index (χ3v) is 5.86. The molecule has 1 fully saturated rings. The van der Waals surface area contributed by atoms with Crippen molar-refractivity contribution in [3.63, 3.8) is 0 Å². The maximum Gasteiger partial charge on any atom is 0.240 e. The summed E-state index contributed by atoms with van der Waals surface area (Å²) in [6, 6.07) is 5.24. The molecule has 1 saturated carbocycles. The van der Waals surface area contributed by atoms with Gasteiger partial charge >= 0.3 is 0 Å². The highest BCUT2D eigenvalue weighted by molar-refractivity contribution is 7.89. The number of sulfonamides is 1. The fraction of sp³-hybridized carbons (Fsp3) is 0.600. The molecule has 0 bridgehead atoms. The Hall–Kier alpha value is -0.910. The van der Waals surface area contributed by atoms with Crippen LogP contribution in [0.25, 0.3) is 0 Å². The fourth-order valence-electron chi connectivity index (χ4n) is 2.87. The lowest BCUT2D eigenvalue weighted by molar-refractivity contribution is 0.393. The Morgan fingerprint density at radius 1 is 1.20 bits per heavy atom. The second kappa shape index (κ2) is 6.24. The van der Waals surface area contributed by atoms with Crippen molar-refractivity contribution in [1.29, 1.82) is 0 Å². The number of benzene rings is 1. The van der Waals surface area contributed by atoms with Crippen molar-refractivity contribution in [3.8, 4) is 0 Å². The van der Waals surface area contributed by atoms with E-state index in [0.29, 0.717) is 29.8 Å². The maximum atomic E-state index is 12.3. The predicted octanol–water partition coefficient (Wildman–Crippen LogP) is 1.96. The molecule has 1 aliphatic rings. The van der Waals surface area contributed by atoms with Crippen LogP contribution in [0.3, 0.4) is 0 Å². The minimum Gasteiger partial charge on any atom is -0.330 e. The van der Waals surface area contributed by atoms with Crippen molar-refractivity contribution in [2.75, 3.05) is 13.1 Å². The van der Waals surface area contributed by atoms with Gasteiger partial charge in [-0.25, -0.2) is 13.1 Å². The Labute approximate surface area is 121 Å². The van der Waals surface area contributed by atoms with Gasteiger partial charge in [0.1, 0.15) is 0 Å². The highest BCUT2D eigenvalue weighted by Crippen LogP contribution is 2.30. The molecule has 0 aromatic heterocycles. The predicted molar refractivity (Wildman–Crippen MR) is 81.0 cm³/mol. The molecule has 1 aromatic carbocycles. The Morgan fingerprint density at radius 2 is 1.90 bits per heavy atom. The van der Waals surface area contributed by atoms with Crippen molar-refractivity contribution >= 4 is 10.0 Å². The first-order valence-electron chi connectivity index (χ1n) is 7.21. The Morgan fingerprint density at radius 3 is 2.55 bits per heavy atom. The molecule has 112 valence electrons. The van der Waals surface area contributed by atoms with E-state index in [1.165, 1.54) is 0 Å². The summed E-state index contributed by atoms with van der Waals surface area (Å²) in [5.41, 5.74) is 7.83. The van der Waals surface area contributed by atoms with Crippen LogP contribution >= 0.6 is 0 Å². The molecule has 4 nitrogen and oxygen atoms in total. The van der Waals surface area contributed by atoms with Gasteiger partial charge in [0.15, 0.2) is 0 Å². The average Bonchev–Trinajstić information content (AvgIpc) is 2.87. The number of aryl methyl sites for hydroxylation is 2. The van der Waals surface area contributed by atoms with Gasteiger partial charge in [-0.1, -0.05) is 12.5 Å². The van der Waals surface area contributed by atoms with E-state index in [1.54, 1.807) is 12.1 Å². The molecule has 2 atom stereocenters. The molecule has 0 radical (unpaired) electrons. The van der Waals surface area contributed by atoms with E-state index in [9.17, 15) is 8.42 Å². The summed E-state index contributed by atoms with van der Waals surface area (Å²) in [6.07, 6.45) is 3.34. The van der Waals surface area contributed by atoms with Crippen molar-refractivity contribution in [1.82, 2.24) is 4.72 Å². The Bertz CT molecular complexity index is 569. The van der Waals surface area contributed by atoms with E-state index in [4.69, 9.17) is 5.73 Å². The molecule has 2 rings (SSSR count). The quantitative estimate of drug-likeness (QED) is 0.872. The lowest BCUT2D eigenvalue weighted by Gasteiger charge is -2.18. The number of nitrogens with two attached hydrogens (primary N) is 1. The molecule has 0 heterocycles. The minimum absolute atomic E-state index is 0.350. The van der Waals surface area contributed by atoms with Crippen LogP contribution in [0.1, 0.15) is 30.4 Å². The standard InChI is InChI=1S/C15H24N2O2S/c1-11-6-7-15(8-12(11)2)20(18,19)17-10-14-5-3-4-13(14)9-16/h6-8,13-14,17H,3-5,9-10,16H2,1-2H3. The normalized spacial score (nSPS) is 23.1. The van der Waals surface area contributed by atoms with Crippen LogP contribution in [-0.2, 0) is 10.0 Å². The summed E-state index contributed by atoms with van der Waals surface area (Å²) in [6.45, 7) is 5.05. The maximum absolute atomic E-state index is 12.3. The zero-order valence-electron chi connectivity index (χ0n) is 12.2. The summed E-state index contributed by atoms with van der Waals surface area (Å²) < 4.78 is 27.4. The SMILES string of the molecule is Cc1ccc(S(=O)(=O)NCC2CCCC2CN)cc1C. The summed E-state index contributed by atoms with van der Waals surface area (Å²) >= 11 is 0. The highest BCUT2D eigenvalue weighted by Gasteiger charge is 2.27. The summed E-state index contributed by atoms with van der Waals surface area (Å²) in [7, 11) is -3.41. The highest BCUT2D eigenvalue weighted by atomic mass is 32.2. The van der Waals surface area contributed by atoms with Crippen LogP contribution in [0.2, 0.25) is 0 Å². The van der Waals surface area contributed by atoms with E-state index in [-0.39, 0.29) is 0 Å². The molecule has 1 aromatic rings. The Kier molecular flexibility index (Phi) is 4.83. The molecule has 0 aliphatic heterocycles. The number of hydrogen-bond donors (Lipinski definition) is 2. The van der Waals surface area contributed by atoms with Gasteiger partial charge in [0.05, 0.1) is 4.90 Å². The van der Waals surface area contributed by atoms with Crippen LogP contribution in [0.4, 0.5) is 0 Å². The van der Waals surface area contributed by atoms with Crippen molar-refractivity contribution in [3.05, 3.63) is 29.3 Å². The number of hydrogen-bond acceptors (Lipinski definition) is 3. The van der Waals surface area contributed by atoms with Gasteiger partial charge in [-0.15, -0.1) is 0 Å². The fourth-order valence-corrected chi connectivity index (χ4v) is 4.05. The van der Waals surface area contributed by atoms with Gasteiger partial charge < -0.3 is 5.73 Å². The monoisotopic (exact) mass is 296 g/mol. The van der Waals surface area contributed by atoms with Crippen LogP contribution < -0.4 is 10.5 Å². The van der Waals surface area contributed by atoms with E-state index < -0.39 is 10.0 Å². The summed E-state index contributed by atoms with van der Waals surface area (Å²) in [5, 5.41) is 0. The summed E-state index contributed by atoms with van der Waals surface area (Å²) in [5.74, 6) is 0.832. The van der Waals surface area contributed by atoms with Gasteiger partial charge in [0, 0.05) is 6.54 Å². The van der Waals surface area contributed by atoms with Crippen LogP contribution in [0.5, 0.6) is 0 Å². The van der Waals surface area contributed by atoms with Gasteiger partial charge in [-0.3, -0.25) is 0 Å². The minimum atomic E-state index is -3.41. The topological polar surface area (TPSA) is 72.2 Å².